The van der Waals surface area contributed by atoms with E-state index in [-0.39, 0.29) is 16.2 Å². The smallest absolute Gasteiger partial charge is 0.0689 e. The molecular weight excluding hydrogens is 699 g/mol. The minimum atomic E-state index is -0.340. The molecular formula is C57H53N. The van der Waals surface area contributed by atoms with Crippen molar-refractivity contribution in [3.63, 3.8) is 0 Å². The van der Waals surface area contributed by atoms with Gasteiger partial charge in [0.2, 0.25) is 0 Å². The molecule has 1 nitrogen and oxygen atoms in total. The van der Waals surface area contributed by atoms with Gasteiger partial charge in [-0.1, -0.05) is 175 Å². The van der Waals surface area contributed by atoms with Crippen LogP contribution in [0.5, 0.6) is 0 Å². The van der Waals surface area contributed by atoms with Crippen molar-refractivity contribution in [3.8, 4) is 11.1 Å². The fourth-order valence-corrected chi connectivity index (χ4v) is 11.7. The van der Waals surface area contributed by atoms with Gasteiger partial charge in [0.15, 0.2) is 0 Å². The molecule has 0 N–H and O–H groups in total. The Balaban J connectivity index is 1.17. The van der Waals surface area contributed by atoms with Crippen molar-refractivity contribution in [3.05, 3.63) is 220 Å². The molecule has 0 saturated carbocycles. The molecule has 5 aromatic carbocycles. The number of rotatable bonds is 4. The summed E-state index contributed by atoms with van der Waals surface area (Å²) in [6.45, 7) is 14.4. The second-order valence-electron chi connectivity index (χ2n) is 19.4. The Bertz CT molecular complexity index is 2730. The van der Waals surface area contributed by atoms with Gasteiger partial charge < -0.3 is 4.90 Å². The molecule has 0 radical (unpaired) electrons. The van der Waals surface area contributed by atoms with Crippen LogP contribution in [0.3, 0.4) is 0 Å². The van der Waals surface area contributed by atoms with Crippen LogP contribution in [0.2, 0.25) is 0 Å². The van der Waals surface area contributed by atoms with E-state index in [2.05, 4.69) is 210 Å². The Hall–Kier alpha value is -5.66. The maximum Gasteiger partial charge on any atom is 0.0689 e. The topological polar surface area (TPSA) is 3.24 Å². The molecule has 1 spiro atoms. The van der Waals surface area contributed by atoms with Crippen LogP contribution in [0.4, 0.5) is 11.4 Å². The molecule has 0 amide bonds. The van der Waals surface area contributed by atoms with E-state index < -0.39 is 0 Å². The summed E-state index contributed by atoms with van der Waals surface area (Å²) in [4.78, 5) is 2.61. The number of benzene rings is 5. The third kappa shape index (κ3) is 5.01. The number of fused-ring (bicyclic) bond motifs is 12. The van der Waals surface area contributed by atoms with E-state index in [0.29, 0.717) is 23.7 Å². The second-order valence-corrected chi connectivity index (χ2v) is 19.4. The summed E-state index contributed by atoms with van der Waals surface area (Å²) in [7, 11) is 0. The third-order valence-corrected chi connectivity index (χ3v) is 14.6. The average molecular weight is 752 g/mol. The minimum absolute atomic E-state index is 0.00580. The zero-order valence-electron chi connectivity index (χ0n) is 34.8. The molecule has 6 aliphatic rings. The van der Waals surface area contributed by atoms with Crippen molar-refractivity contribution in [2.75, 3.05) is 4.90 Å². The van der Waals surface area contributed by atoms with Gasteiger partial charge in [-0.2, -0.15) is 0 Å². The van der Waals surface area contributed by atoms with Crippen LogP contribution in [0.15, 0.2) is 175 Å². The van der Waals surface area contributed by atoms with Crippen LogP contribution in [-0.2, 0) is 16.2 Å². The van der Waals surface area contributed by atoms with Crippen LogP contribution < -0.4 is 4.90 Å². The highest BCUT2D eigenvalue weighted by molar-refractivity contribution is 5.98. The van der Waals surface area contributed by atoms with Crippen LogP contribution in [0.25, 0.3) is 16.7 Å². The predicted octanol–water partition coefficient (Wildman–Crippen LogP) is 14.5. The molecule has 58 heavy (non-hydrogen) atoms. The van der Waals surface area contributed by atoms with Gasteiger partial charge in [0.25, 0.3) is 0 Å². The standard InChI is InChI=1S/C57H53N/c1-36-24-27-47-44-19-11-14-22-50(44)57(53(47)30-36)51-23-15-12-20-45(51)48-29-26-41(35-54(48)57)58(40-25-28-46-43-18-10-13-21-49(43)56(5,6)52(46)34-40)42-32-38(37-16-8-7-9-17-37)31-39(33-42)55(2,3)4/h7-16,18-29,31-37,46,52H,17,30H2,1-6H3. The quantitative estimate of drug-likeness (QED) is 0.177. The lowest BCUT2D eigenvalue weighted by molar-refractivity contribution is 0.392. The van der Waals surface area contributed by atoms with Crippen molar-refractivity contribution < 1.29 is 0 Å². The summed E-state index contributed by atoms with van der Waals surface area (Å²) >= 11 is 0. The average Bonchev–Trinajstić information content (AvgIpc) is 3.79. The largest absolute Gasteiger partial charge is 0.311 e. The van der Waals surface area contributed by atoms with E-state index in [0.717, 1.165) is 12.8 Å². The van der Waals surface area contributed by atoms with Crippen molar-refractivity contribution in [2.24, 2.45) is 11.8 Å². The number of allylic oxidation sites excluding steroid dienone is 11. The summed E-state index contributed by atoms with van der Waals surface area (Å²) in [5.74, 6) is 1.54. The molecule has 1 heteroatoms. The summed E-state index contributed by atoms with van der Waals surface area (Å²) < 4.78 is 0. The molecule has 5 unspecified atom stereocenters. The zero-order chi connectivity index (χ0) is 39.6. The molecule has 0 bridgehead atoms. The molecule has 6 aliphatic carbocycles. The highest BCUT2D eigenvalue weighted by Crippen LogP contribution is 2.64. The third-order valence-electron chi connectivity index (χ3n) is 14.6. The molecule has 0 heterocycles. The summed E-state index contributed by atoms with van der Waals surface area (Å²) in [6, 6.07) is 42.6. The fourth-order valence-electron chi connectivity index (χ4n) is 11.7. The second kappa shape index (κ2) is 12.7. The van der Waals surface area contributed by atoms with E-state index in [4.69, 9.17) is 0 Å². The van der Waals surface area contributed by atoms with Crippen LogP contribution in [-0.4, -0.2) is 0 Å². The number of hydrogen-bond acceptors (Lipinski definition) is 1. The van der Waals surface area contributed by atoms with Gasteiger partial charge in [0.1, 0.15) is 0 Å². The molecule has 0 aliphatic heterocycles. The lowest BCUT2D eigenvalue weighted by Gasteiger charge is -2.37. The van der Waals surface area contributed by atoms with Gasteiger partial charge in [-0.3, -0.25) is 0 Å². The van der Waals surface area contributed by atoms with Gasteiger partial charge in [0, 0.05) is 28.9 Å². The Labute approximate surface area is 345 Å². The molecule has 5 atom stereocenters. The van der Waals surface area contributed by atoms with E-state index in [1.54, 1.807) is 5.57 Å². The summed E-state index contributed by atoms with van der Waals surface area (Å²) in [6.07, 6.45) is 23.6. The molecule has 11 rings (SSSR count). The normalized spacial score (nSPS) is 25.2. The van der Waals surface area contributed by atoms with Crippen molar-refractivity contribution in [1.82, 2.24) is 0 Å². The van der Waals surface area contributed by atoms with E-state index in [1.165, 1.54) is 78.3 Å². The van der Waals surface area contributed by atoms with Crippen molar-refractivity contribution >= 4 is 16.9 Å². The maximum atomic E-state index is 2.62. The molecule has 0 saturated heterocycles. The van der Waals surface area contributed by atoms with Gasteiger partial charge in [-0.25, -0.2) is 0 Å². The predicted molar refractivity (Wildman–Crippen MR) is 244 cm³/mol. The van der Waals surface area contributed by atoms with Crippen LogP contribution in [0, 0.1) is 11.8 Å². The molecule has 0 aromatic heterocycles. The number of hydrogen-bond donors (Lipinski definition) is 0. The fraction of sp³-hybridized carbons (Fsp3) is 0.263. The van der Waals surface area contributed by atoms with E-state index >= 15 is 0 Å². The van der Waals surface area contributed by atoms with Gasteiger partial charge in [-0.05, 0) is 133 Å². The van der Waals surface area contributed by atoms with Gasteiger partial charge in [0.05, 0.1) is 5.41 Å². The SMILES string of the molecule is CC1C=CC2=C(C1)C1(c3ccccc32)c2ccccc2-c2ccc(N(C3=CC4C(C=C3)c3ccccc3C4(C)C)c3cc(C4C=CC=CC4)cc(C(C)(C)C)c3)cc21. The Morgan fingerprint density at radius 1 is 0.655 bits per heavy atom. The van der Waals surface area contributed by atoms with Crippen LogP contribution >= 0.6 is 0 Å². The number of anilines is 2. The van der Waals surface area contributed by atoms with Gasteiger partial charge >= 0.3 is 0 Å². The van der Waals surface area contributed by atoms with E-state index in [9.17, 15) is 0 Å². The Morgan fingerprint density at radius 2 is 1.38 bits per heavy atom. The first-order chi connectivity index (χ1) is 28.0. The number of nitrogens with zero attached hydrogens (tertiary/aromatic N) is 1. The molecule has 286 valence electrons. The lowest BCUT2D eigenvalue weighted by Crippen LogP contribution is -2.30. The van der Waals surface area contributed by atoms with Crippen LogP contribution in [0.1, 0.15) is 111 Å². The Morgan fingerprint density at radius 3 is 2.16 bits per heavy atom. The maximum absolute atomic E-state index is 2.62. The first-order valence-electron chi connectivity index (χ1n) is 21.6. The lowest BCUT2D eigenvalue weighted by atomic mass is 9.67. The van der Waals surface area contributed by atoms with Gasteiger partial charge in [-0.15, -0.1) is 0 Å². The highest BCUT2D eigenvalue weighted by atomic mass is 15.1. The minimum Gasteiger partial charge on any atom is -0.311 e. The first kappa shape index (κ1) is 35.5. The summed E-state index contributed by atoms with van der Waals surface area (Å²) in [5, 5.41) is 0. The monoisotopic (exact) mass is 751 g/mol. The van der Waals surface area contributed by atoms with Crippen molar-refractivity contribution in [1.29, 1.82) is 0 Å². The Kier molecular flexibility index (Phi) is 7.75. The molecule has 5 aromatic rings. The zero-order valence-corrected chi connectivity index (χ0v) is 34.8. The first-order valence-corrected chi connectivity index (χ1v) is 21.6. The highest BCUT2D eigenvalue weighted by Gasteiger charge is 2.53. The van der Waals surface area contributed by atoms with E-state index in [1.807, 2.05) is 0 Å². The molecule has 0 fully saturated rings. The summed E-state index contributed by atoms with van der Waals surface area (Å²) in [5.41, 5.74) is 20.4. The van der Waals surface area contributed by atoms with Crippen molar-refractivity contribution in [2.45, 2.75) is 82.5 Å².